The number of halogens is 1. The van der Waals surface area contributed by atoms with Crippen LogP contribution in [0.2, 0.25) is 0 Å². The van der Waals surface area contributed by atoms with Crippen molar-refractivity contribution in [2.75, 3.05) is 25.6 Å². The van der Waals surface area contributed by atoms with Gasteiger partial charge in [0.15, 0.2) is 6.61 Å². The summed E-state index contributed by atoms with van der Waals surface area (Å²) in [5.41, 5.74) is 1.95. The summed E-state index contributed by atoms with van der Waals surface area (Å²) in [5.74, 6) is -0.0895. The molecule has 0 atom stereocenters. The molecule has 1 amide bonds. The van der Waals surface area contributed by atoms with Gasteiger partial charge in [-0.15, -0.1) is 0 Å². The Morgan fingerprint density at radius 1 is 1.20 bits per heavy atom. The van der Waals surface area contributed by atoms with Gasteiger partial charge in [0.1, 0.15) is 23.1 Å². The molecule has 0 aromatic heterocycles. The molecule has 0 radical (unpaired) electrons. The number of anilines is 1. The molecule has 156 valence electrons. The first-order chi connectivity index (χ1) is 14.4. The average molecular weight is 473 g/mol. The summed E-state index contributed by atoms with van der Waals surface area (Å²) in [6, 6.07) is 12.3. The topological polar surface area (TPSA) is 97.7 Å². The summed E-state index contributed by atoms with van der Waals surface area (Å²) < 4.78 is 16.0. The van der Waals surface area contributed by atoms with E-state index in [1.165, 1.54) is 13.2 Å². The number of amides is 1. The summed E-state index contributed by atoms with van der Waals surface area (Å²) >= 11 is 3.36. The third-order valence-corrected chi connectivity index (χ3v) is 4.51. The minimum absolute atomic E-state index is 0.0781. The number of hydrogen-bond acceptors (Lipinski definition) is 6. The number of hydrogen-bond donors (Lipinski definition) is 1. The van der Waals surface area contributed by atoms with E-state index in [-0.39, 0.29) is 18.8 Å². The first-order valence-corrected chi connectivity index (χ1v) is 9.83. The van der Waals surface area contributed by atoms with Crippen molar-refractivity contribution in [2.24, 2.45) is 0 Å². The number of esters is 1. The lowest BCUT2D eigenvalue weighted by Crippen LogP contribution is -2.15. The third-order valence-electron chi connectivity index (χ3n) is 3.89. The predicted molar refractivity (Wildman–Crippen MR) is 116 cm³/mol. The van der Waals surface area contributed by atoms with E-state index < -0.39 is 11.9 Å². The van der Waals surface area contributed by atoms with Crippen molar-refractivity contribution in [3.05, 3.63) is 57.6 Å². The van der Waals surface area contributed by atoms with Crippen LogP contribution in [0.3, 0.4) is 0 Å². The van der Waals surface area contributed by atoms with Gasteiger partial charge in [-0.25, -0.2) is 4.79 Å². The molecular formula is C22H21BrN2O5. The van der Waals surface area contributed by atoms with Crippen LogP contribution in [0.5, 0.6) is 11.5 Å². The maximum Gasteiger partial charge on any atom is 0.344 e. The summed E-state index contributed by atoms with van der Waals surface area (Å²) in [6.07, 6.45) is 1.46. The van der Waals surface area contributed by atoms with E-state index in [9.17, 15) is 14.9 Å². The quantitative estimate of drug-likeness (QED) is 0.350. The highest BCUT2D eigenvalue weighted by atomic mass is 79.9. The molecule has 2 rings (SSSR count). The van der Waals surface area contributed by atoms with E-state index in [1.54, 1.807) is 37.3 Å². The Balaban J connectivity index is 2.16. The van der Waals surface area contributed by atoms with Crippen molar-refractivity contribution in [1.82, 2.24) is 0 Å². The van der Waals surface area contributed by atoms with Crippen LogP contribution in [0.1, 0.15) is 18.1 Å². The third kappa shape index (κ3) is 6.36. The molecule has 0 spiro atoms. The molecule has 0 fully saturated rings. The number of carbonyl (C=O) groups is 2. The highest BCUT2D eigenvalue weighted by molar-refractivity contribution is 9.10. The molecule has 8 heteroatoms. The zero-order valence-electron chi connectivity index (χ0n) is 16.8. The standard InChI is InChI=1S/C22H21BrN2O5/c1-4-29-21(26)13-30-19-8-6-15(11-17(19)23)10-16(12-24)22(27)25-18-9-14(2)5-7-20(18)28-3/h5-11H,4,13H2,1-3H3,(H,25,27)/b16-10+. The van der Waals surface area contributed by atoms with E-state index in [0.29, 0.717) is 27.2 Å². The molecule has 0 aliphatic heterocycles. The second-order valence-electron chi connectivity index (χ2n) is 6.11. The Bertz CT molecular complexity index is 1010. The molecular weight excluding hydrogens is 452 g/mol. The van der Waals surface area contributed by atoms with Crippen molar-refractivity contribution in [1.29, 1.82) is 5.26 Å². The van der Waals surface area contributed by atoms with Crippen LogP contribution in [-0.4, -0.2) is 32.2 Å². The molecule has 0 bridgehead atoms. The Morgan fingerprint density at radius 3 is 2.57 bits per heavy atom. The lowest BCUT2D eigenvalue weighted by Gasteiger charge is -2.11. The van der Waals surface area contributed by atoms with Crippen LogP contribution in [-0.2, 0) is 14.3 Å². The maximum atomic E-state index is 12.6. The second-order valence-corrected chi connectivity index (χ2v) is 6.97. The van der Waals surface area contributed by atoms with Gasteiger partial charge in [0.2, 0.25) is 0 Å². The number of nitrogens with one attached hydrogen (secondary N) is 1. The van der Waals surface area contributed by atoms with Crippen molar-refractivity contribution >= 4 is 39.6 Å². The zero-order chi connectivity index (χ0) is 22.1. The molecule has 2 aromatic carbocycles. The summed E-state index contributed by atoms with van der Waals surface area (Å²) in [5, 5.41) is 12.1. The van der Waals surface area contributed by atoms with E-state index in [1.807, 2.05) is 19.1 Å². The fourth-order valence-electron chi connectivity index (χ4n) is 2.49. The minimum atomic E-state index is -0.555. The Labute approximate surface area is 183 Å². The average Bonchev–Trinajstić information content (AvgIpc) is 2.71. The van der Waals surface area contributed by atoms with Crippen LogP contribution in [0.15, 0.2) is 46.4 Å². The molecule has 0 saturated heterocycles. The Morgan fingerprint density at radius 2 is 1.93 bits per heavy atom. The van der Waals surface area contributed by atoms with Crippen LogP contribution < -0.4 is 14.8 Å². The number of benzene rings is 2. The number of ether oxygens (including phenoxy) is 3. The molecule has 30 heavy (non-hydrogen) atoms. The van der Waals surface area contributed by atoms with Crippen molar-refractivity contribution < 1.29 is 23.8 Å². The van der Waals surface area contributed by atoms with Crippen LogP contribution in [0, 0.1) is 18.3 Å². The van der Waals surface area contributed by atoms with E-state index in [0.717, 1.165) is 5.56 Å². The van der Waals surface area contributed by atoms with Crippen molar-refractivity contribution in [3.8, 4) is 17.6 Å². The van der Waals surface area contributed by atoms with Crippen LogP contribution >= 0.6 is 15.9 Å². The van der Waals surface area contributed by atoms with Gasteiger partial charge < -0.3 is 19.5 Å². The molecule has 0 aliphatic rings. The van der Waals surface area contributed by atoms with Gasteiger partial charge in [0.05, 0.1) is 23.9 Å². The number of rotatable bonds is 8. The lowest BCUT2D eigenvalue weighted by atomic mass is 10.1. The van der Waals surface area contributed by atoms with Crippen LogP contribution in [0.25, 0.3) is 6.08 Å². The van der Waals surface area contributed by atoms with Gasteiger partial charge in [-0.2, -0.15) is 5.26 Å². The lowest BCUT2D eigenvalue weighted by molar-refractivity contribution is -0.145. The number of nitriles is 1. The molecule has 1 N–H and O–H groups in total. The van der Waals surface area contributed by atoms with E-state index >= 15 is 0 Å². The first kappa shape index (κ1) is 23.0. The Kier molecular flexibility index (Phi) is 8.44. The second kappa shape index (κ2) is 11.0. The van der Waals surface area contributed by atoms with Gasteiger partial charge in [0.25, 0.3) is 5.91 Å². The smallest absolute Gasteiger partial charge is 0.344 e. The predicted octanol–water partition coefficient (Wildman–Crippen LogP) is 4.25. The molecule has 0 aliphatic carbocycles. The number of aryl methyl sites for hydroxylation is 1. The van der Waals surface area contributed by atoms with Crippen molar-refractivity contribution in [3.63, 3.8) is 0 Å². The summed E-state index contributed by atoms with van der Waals surface area (Å²) in [7, 11) is 1.50. The molecule has 7 nitrogen and oxygen atoms in total. The number of nitrogens with zero attached hydrogens (tertiary/aromatic N) is 1. The molecule has 0 unspecified atom stereocenters. The van der Waals surface area contributed by atoms with E-state index in [2.05, 4.69) is 21.2 Å². The normalized spacial score (nSPS) is 10.7. The monoisotopic (exact) mass is 472 g/mol. The Hall–Kier alpha value is -3.31. The highest BCUT2D eigenvalue weighted by Gasteiger charge is 2.13. The maximum absolute atomic E-state index is 12.6. The van der Waals surface area contributed by atoms with Gasteiger partial charge in [-0.05, 0) is 71.2 Å². The van der Waals surface area contributed by atoms with E-state index in [4.69, 9.17) is 14.2 Å². The first-order valence-electron chi connectivity index (χ1n) is 9.03. The van der Waals surface area contributed by atoms with Gasteiger partial charge >= 0.3 is 5.97 Å². The van der Waals surface area contributed by atoms with Crippen molar-refractivity contribution in [2.45, 2.75) is 13.8 Å². The number of methoxy groups -OCH3 is 1. The highest BCUT2D eigenvalue weighted by Crippen LogP contribution is 2.28. The largest absolute Gasteiger partial charge is 0.495 e. The van der Waals surface area contributed by atoms with Gasteiger partial charge in [0, 0.05) is 0 Å². The molecule has 0 heterocycles. The van der Waals surface area contributed by atoms with Gasteiger partial charge in [-0.1, -0.05) is 12.1 Å². The van der Waals surface area contributed by atoms with Crippen LogP contribution in [0.4, 0.5) is 5.69 Å². The fraction of sp³-hybridized carbons (Fsp3) is 0.227. The fourth-order valence-corrected chi connectivity index (χ4v) is 3.00. The molecule has 0 saturated carbocycles. The minimum Gasteiger partial charge on any atom is -0.495 e. The summed E-state index contributed by atoms with van der Waals surface area (Å²) in [6.45, 7) is 3.67. The zero-order valence-corrected chi connectivity index (χ0v) is 18.4. The number of carbonyl (C=O) groups excluding carboxylic acids is 2. The summed E-state index contributed by atoms with van der Waals surface area (Å²) in [4.78, 5) is 24.0. The van der Waals surface area contributed by atoms with Gasteiger partial charge in [-0.3, -0.25) is 4.79 Å². The SMILES string of the molecule is CCOC(=O)COc1ccc(/C=C(\C#N)C(=O)Nc2cc(C)ccc2OC)cc1Br. The molecule has 2 aromatic rings.